The lowest BCUT2D eigenvalue weighted by Crippen LogP contribution is -2.44. The van der Waals surface area contributed by atoms with Gasteiger partial charge in [-0.05, 0) is 51.4 Å². The summed E-state index contributed by atoms with van der Waals surface area (Å²) in [6.45, 7) is 4.15. The molecule has 2 rings (SSSR count). The van der Waals surface area contributed by atoms with Gasteiger partial charge in [-0.3, -0.25) is 4.79 Å². The average Bonchev–Trinajstić information content (AvgIpc) is 2.57. The molecule has 132 valence electrons. The summed E-state index contributed by atoms with van der Waals surface area (Å²) < 4.78 is 5.12. The van der Waals surface area contributed by atoms with Gasteiger partial charge < -0.3 is 15.0 Å². The summed E-state index contributed by atoms with van der Waals surface area (Å²) in [6, 6.07) is 9.08. The molecule has 0 unspecified atom stereocenters. The Balaban J connectivity index is 1.91. The number of hydrogen-bond acceptors (Lipinski definition) is 4. The smallest absolute Gasteiger partial charge is 0.328 e. The maximum Gasteiger partial charge on any atom is 0.328 e. The zero-order valence-corrected chi connectivity index (χ0v) is 14.7. The summed E-state index contributed by atoms with van der Waals surface area (Å²) in [7, 11) is 2.10. The molecular weight excluding hydrogens is 304 g/mol. The number of carbonyl (C=O) groups is 2. The van der Waals surface area contributed by atoms with Crippen LogP contribution < -0.4 is 5.32 Å². The molecule has 1 amide bonds. The first-order chi connectivity index (χ1) is 11.6. The number of ether oxygens (including phenoxy) is 1. The number of carbonyl (C=O) groups excluding carboxylic acids is 2. The highest BCUT2D eigenvalue weighted by Gasteiger charge is 2.25. The van der Waals surface area contributed by atoms with E-state index in [0.717, 1.165) is 31.5 Å². The van der Waals surface area contributed by atoms with E-state index >= 15 is 0 Å². The second-order valence-electron chi connectivity index (χ2n) is 6.51. The third kappa shape index (κ3) is 5.96. The number of amides is 1. The fourth-order valence-corrected chi connectivity index (χ4v) is 3.07. The first-order valence-electron chi connectivity index (χ1n) is 8.77. The Kier molecular flexibility index (Phi) is 7.25. The quantitative estimate of drug-likeness (QED) is 0.776. The Hall–Kier alpha value is -1.88. The van der Waals surface area contributed by atoms with Crippen LogP contribution in [0.2, 0.25) is 0 Å². The van der Waals surface area contributed by atoms with E-state index in [9.17, 15) is 9.59 Å². The van der Waals surface area contributed by atoms with Crippen LogP contribution in [0.1, 0.15) is 31.7 Å². The zero-order valence-electron chi connectivity index (χ0n) is 14.7. The molecule has 1 N–H and O–H groups in total. The van der Waals surface area contributed by atoms with Crippen molar-refractivity contribution in [2.45, 2.75) is 38.6 Å². The first-order valence-corrected chi connectivity index (χ1v) is 8.77. The monoisotopic (exact) mass is 332 g/mol. The van der Waals surface area contributed by atoms with E-state index in [4.69, 9.17) is 4.74 Å². The summed E-state index contributed by atoms with van der Waals surface area (Å²) in [5.41, 5.74) is 1.01. The van der Waals surface area contributed by atoms with Gasteiger partial charge in [0.2, 0.25) is 5.91 Å². The second kappa shape index (κ2) is 9.42. The van der Waals surface area contributed by atoms with Gasteiger partial charge in [-0.15, -0.1) is 0 Å². The van der Waals surface area contributed by atoms with Crippen LogP contribution in [-0.2, 0) is 20.7 Å². The van der Waals surface area contributed by atoms with Crippen molar-refractivity contribution in [3.8, 4) is 0 Å². The summed E-state index contributed by atoms with van der Waals surface area (Å²) in [6.07, 6.45) is 3.01. The molecule has 1 heterocycles. The third-order valence-electron chi connectivity index (χ3n) is 4.50. The number of hydrogen-bond donors (Lipinski definition) is 1. The number of piperidine rings is 1. The maximum atomic E-state index is 12.4. The van der Waals surface area contributed by atoms with E-state index in [0.29, 0.717) is 25.4 Å². The molecule has 1 aromatic rings. The van der Waals surface area contributed by atoms with Crippen molar-refractivity contribution >= 4 is 11.9 Å². The standard InChI is InChI=1S/C19H28N2O3/c1-3-24-19(23)17(13-15-7-5-4-6-8-15)20-18(22)14-16-9-11-21(2)12-10-16/h4-8,16-17H,3,9-14H2,1-2H3,(H,20,22)/t17-/m1/s1. The fraction of sp³-hybridized carbons (Fsp3) is 0.579. The molecule has 0 saturated carbocycles. The van der Waals surface area contributed by atoms with Crippen molar-refractivity contribution in [3.05, 3.63) is 35.9 Å². The number of benzene rings is 1. The summed E-state index contributed by atoms with van der Waals surface area (Å²) >= 11 is 0. The lowest BCUT2D eigenvalue weighted by atomic mass is 9.93. The molecule has 24 heavy (non-hydrogen) atoms. The molecule has 1 aromatic carbocycles. The lowest BCUT2D eigenvalue weighted by molar-refractivity contribution is -0.147. The largest absolute Gasteiger partial charge is 0.464 e. The molecule has 1 atom stereocenters. The van der Waals surface area contributed by atoms with Crippen molar-refractivity contribution in [1.82, 2.24) is 10.2 Å². The molecule has 1 aliphatic rings. The molecule has 5 nitrogen and oxygen atoms in total. The molecule has 0 spiro atoms. The molecule has 0 aliphatic carbocycles. The summed E-state index contributed by atoms with van der Waals surface area (Å²) in [5.74, 6) is -0.0163. The van der Waals surface area contributed by atoms with Gasteiger partial charge in [-0.25, -0.2) is 4.79 Å². The van der Waals surface area contributed by atoms with Crippen LogP contribution in [0.4, 0.5) is 0 Å². The highest BCUT2D eigenvalue weighted by Crippen LogP contribution is 2.19. The van der Waals surface area contributed by atoms with Crippen molar-refractivity contribution in [2.24, 2.45) is 5.92 Å². The normalized spacial score (nSPS) is 17.2. The molecular formula is C19H28N2O3. The molecule has 5 heteroatoms. The van der Waals surface area contributed by atoms with Crippen molar-refractivity contribution < 1.29 is 14.3 Å². The van der Waals surface area contributed by atoms with Crippen LogP contribution in [0.3, 0.4) is 0 Å². The van der Waals surface area contributed by atoms with E-state index in [-0.39, 0.29) is 11.9 Å². The SMILES string of the molecule is CCOC(=O)[C@@H](Cc1ccccc1)NC(=O)CC1CCN(C)CC1. The van der Waals surface area contributed by atoms with Gasteiger partial charge in [0, 0.05) is 12.8 Å². The van der Waals surface area contributed by atoms with E-state index in [1.807, 2.05) is 30.3 Å². The minimum atomic E-state index is -0.619. The molecule has 0 radical (unpaired) electrons. The van der Waals surface area contributed by atoms with Gasteiger partial charge in [0.1, 0.15) is 6.04 Å². The van der Waals surface area contributed by atoms with Crippen molar-refractivity contribution in [2.75, 3.05) is 26.7 Å². The van der Waals surface area contributed by atoms with Gasteiger partial charge in [-0.1, -0.05) is 30.3 Å². The van der Waals surface area contributed by atoms with Crippen molar-refractivity contribution in [1.29, 1.82) is 0 Å². The molecule has 0 aromatic heterocycles. The predicted octanol–water partition coefficient (Wildman–Crippen LogP) is 2.01. The first kappa shape index (κ1) is 18.5. The predicted molar refractivity (Wildman–Crippen MR) is 93.5 cm³/mol. The Bertz CT molecular complexity index is 525. The fourth-order valence-electron chi connectivity index (χ4n) is 3.07. The van der Waals surface area contributed by atoms with Gasteiger partial charge in [0.25, 0.3) is 0 Å². The second-order valence-corrected chi connectivity index (χ2v) is 6.51. The molecule has 1 aliphatic heterocycles. The van der Waals surface area contributed by atoms with Crippen LogP contribution in [0.15, 0.2) is 30.3 Å². The van der Waals surface area contributed by atoms with Crippen LogP contribution in [-0.4, -0.2) is 49.6 Å². The zero-order chi connectivity index (χ0) is 17.4. The van der Waals surface area contributed by atoms with Crippen molar-refractivity contribution in [3.63, 3.8) is 0 Å². The van der Waals surface area contributed by atoms with Gasteiger partial charge in [0.05, 0.1) is 6.61 Å². The minimum absolute atomic E-state index is 0.0569. The van der Waals surface area contributed by atoms with Crippen LogP contribution >= 0.6 is 0 Å². The van der Waals surface area contributed by atoms with Gasteiger partial charge in [0.15, 0.2) is 0 Å². The number of nitrogens with zero attached hydrogens (tertiary/aromatic N) is 1. The Morgan fingerprint density at radius 3 is 2.54 bits per heavy atom. The number of likely N-dealkylation sites (tertiary alicyclic amines) is 1. The summed E-state index contributed by atoms with van der Waals surface area (Å²) in [5, 5.41) is 2.88. The topological polar surface area (TPSA) is 58.6 Å². The Morgan fingerprint density at radius 2 is 1.92 bits per heavy atom. The highest BCUT2D eigenvalue weighted by atomic mass is 16.5. The van der Waals surface area contributed by atoms with Crippen LogP contribution in [0.25, 0.3) is 0 Å². The minimum Gasteiger partial charge on any atom is -0.464 e. The number of esters is 1. The Morgan fingerprint density at radius 1 is 1.25 bits per heavy atom. The van der Waals surface area contributed by atoms with Gasteiger partial charge in [-0.2, -0.15) is 0 Å². The summed E-state index contributed by atoms with van der Waals surface area (Å²) in [4.78, 5) is 26.8. The third-order valence-corrected chi connectivity index (χ3v) is 4.50. The van der Waals surface area contributed by atoms with E-state index in [2.05, 4.69) is 17.3 Å². The number of rotatable bonds is 7. The average molecular weight is 332 g/mol. The van der Waals surface area contributed by atoms with Gasteiger partial charge >= 0.3 is 5.97 Å². The van der Waals surface area contributed by atoms with E-state index < -0.39 is 6.04 Å². The molecule has 1 fully saturated rings. The maximum absolute atomic E-state index is 12.4. The van der Waals surface area contributed by atoms with Crippen LogP contribution in [0, 0.1) is 5.92 Å². The number of nitrogens with one attached hydrogen (secondary N) is 1. The lowest BCUT2D eigenvalue weighted by Gasteiger charge is -2.29. The molecule has 0 bridgehead atoms. The molecule has 1 saturated heterocycles. The van der Waals surface area contributed by atoms with Crippen LogP contribution in [0.5, 0.6) is 0 Å². The van der Waals surface area contributed by atoms with E-state index in [1.165, 1.54) is 0 Å². The van der Waals surface area contributed by atoms with E-state index in [1.54, 1.807) is 6.92 Å². The Labute approximate surface area is 144 Å². The highest BCUT2D eigenvalue weighted by molar-refractivity contribution is 5.84.